The van der Waals surface area contributed by atoms with Crippen LogP contribution in [0.15, 0.2) is 41.5 Å². The van der Waals surface area contributed by atoms with Gasteiger partial charge in [0.15, 0.2) is 0 Å². The molecule has 0 spiro atoms. The molecular weight excluding hydrogens is 433 g/mol. The Bertz CT molecular complexity index is 1080. The van der Waals surface area contributed by atoms with E-state index in [1.54, 1.807) is 24.4 Å². The van der Waals surface area contributed by atoms with Crippen LogP contribution >= 0.6 is 23.2 Å². The van der Waals surface area contributed by atoms with Gasteiger partial charge in [-0.15, -0.1) is 0 Å². The highest BCUT2D eigenvalue weighted by molar-refractivity contribution is 6.36. The molecule has 0 atom stereocenters. The van der Waals surface area contributed by atoms with Crippen molar-refractivity contribution in [2.45, 2.75) is 27.7 Å². The summed E-state index contributed by atoms with van der Waals surface area (Å²) in [5.74, 6) is 1.33. The number of hydrogen-bond acceptors (Lipinski definition) is 7. The van der Waals surface area contributed by atoms with Gasteiger partial charge < -0.3 is 10.2 Å². The van der Waals surface area contributed by atoms with Crippen molar-refractivity contribution in [3.63, 3.8) is 0 Å². The third-order valence-electron chi connectivity index (χ3n) is 4.64. The number of rotatable bonds is 8. The summed E-state index contributed by atoms with van der Waals surface area (Å²) >= 11 is 12.1. The van der Waals surface area contributed by atoms with E-state index in [4.69, 9.17) is 23.2 Å². The van der Waals surface area contributed by atoms with Crippen LogP contribution in [0.5, 0.6) is 0 Å². The number of aromatic nitrogens is 3. The van der Waals surface area contributed by atoms with Gasteiger partial charge in [-0.1, -0.05) is 41.4 Å². The Hall–Kier alpha value is -2.90. The van der Waals surface area contributed by atoms with E-state index in [0.717, 1.165) is 35.5 Å². The molecule has 0 amide bonds. The highest BCUT2D eigenvalue weighted by Gasteiger charge is 2.12. The number of hydrogen-bond donors (Lipinski definition) is 2. The molecule has 2 aromatic carbocycles. The monoisotopic (exact) mass is 457 g/mol. The summed E-state index contributed by atoms with van der Waals surface area (Å²) in [7, 11) is 0. The second kappa shape index (κ2) is 10.4. The van der Waals surface area contributed by atoms with Crippen LogP contribution in [0.2, 0.25) is 10.0 Å². The Kier molecular flexibility index (Phi) is 7.65. The lowest BCUT2D eigenvalue weighted by molar-refractivity contribution is 0.814. The van der Waals surface area contributed by atoms with Crippen LogP contribution in [-0.4, -0.2) is 34.3 Å². The quantitative estimate of drug-likeness (QED) is 0.327. The minimum atomic E-state index is 0.325. The van der Waals surface area contributed by atoms with Gasteiger partial charge >= 0.3 is 0 Å². The Labute approximate surface area is 192 Å². The molecule has 0 radical (unpaired) electrons. The number of hydrazone groups is 1. The molecule has 0 aliphatic rings. The van der Waals surface area contributed by atoms with Crippen molar-refractivity contribution in [3.8, 4) is 0 Å². The van der Waals surface area contributed by atoms with Gasteiger partial charge in [-0.05, 0) is 57.0 Å². The van der Waals surface area contributed by atoms with Crippen LogP contribution in [0, 0.1) is 13.8 Å². The van der Waals surface area contributed by atoms with Crippen molar-refractivity contribution in [1.29, 1.82) is 0 Å². The van der Waals surface area contributed by atoms with Gasteiger partial charge in [-0.3, -0.25) is 0 Å². The van der Waals surface area contributed by atoms with Gasteiger partial charge in [0.1, 0.15) is 0 Å². The molecule has 0 fully saturated rings. The van der Waals surface area contributed by atoms with E-state index in [1.807, 2.05) is 18.7 Å². The standard InChI is InChI=1S/C22H25Cl2N7/c1-5-31(6-2)22-28-20(26-19-11-14(3)7-8-15(19)4)27-21(29-22)30-25-13-16-9-10-17(23)12-18(16)24/h7-13H,5-6H2,1-4H3,(H2,26,27,28,29,30)/b25-13+. The summed E-state index contributed by atoms with van der Waals surface area (Å²) in [4.78, 5) is 15.6. The first kappa shape index (κ1) is 22.8. The molecule has 0 aliphatic heterocycles. The van der Waals surface area contributed by atoms with E-state index in [2.05, 4.69) is 62.8 Å². The molecule has 162 valence electrons. The van der Waals surface area contributed by atoms with Crippen LogP contribution in [0.3, 0.4) is 0 Å². The predicted octanol–water partition coefficient (Wildman–Crippen LogP) is 5.83. The van der Waals surface area contributed by atoms with Crippen molar-refractivity contribution in [2.75, 3.05) is 28.7 Å². The largest absolute Gasteiger partial charge is 0.341 e. The third kappa shape index (κ3) is 6.06. The predicted molar refractivity (Wildman–Crippen MR) is 130 cm³/mol. The number of anilines is 4. The summed E-state index contributed by atoms with van der Waals surface area (Å²) in [6.07, 6.45) is 1.59. The maximum atomic E-state index is 6.20. The van der Waals surface area contributed by atoms with Crippen LogP contribution in [-0.2, 0) is 0 Å². The van der Waals surface area contributed by atoms with Gasteiger partial charge in [0, 0.05) is 29.4 Å². The molecule has 0 saturated carbocycles. The summed E-state index contributed by atoms with van der Waals surface area (Å²) in [6, 6.07) is 11.4. The summed E-state index contributed by atoms with van der Waals surface area (Å²) < 4.78 is 0. The highest BCUT2D eigenvalue weighted by atomic mass is 35.5. The minimum absolute atomic E-state index is 0.325. The van der Waals surface area contributed by atoms with Crippen LogP contribution < -0.4 is 15.6 Å². The molecule has 1 heterocycles. The molecule has 0 unspecified atom stereocenters. The third-order valence-corrected chi connectivity index (χ3v) is 5.20. The Balaban J connectivity index is 1.89. The summed E-state index contributed by atoms with van der Waals surface area (Å²) in [5, 5.41) is 8.61. The van der Waals surface area contributed by atoms with Crippen molar-refractivity contribution in [1.82, 2.24) is 15.0 Å². The average Bonchev–Trinajstić information content (AvgIpc) is 2.73. The van der Waals surface area contributed by atoms with Gasteiger partial charge in [0.25, 0.3) is 0 Å². The summed E-state index contributed by atoms with van der Waals surface area (Å²) in [6.45, 7) is 9.73. The van der Waals surface area contributed by atoms with Gasteiger partial charge in [-0.2, -0.15) is 20.1 Å². The fraction of sp³-hybridized carbons (Fsp3) is 0.273. The molecule has 3 aromatic rings. The van der Waals surface area contributed by atoms with Gasteiger partial charge in [-0.25, -0.2) is 5.43 Å². The Morgan fingerprint density at radius 1 is 0.968 bits per heavy atom. The van der Waals surface area contributed by atoms with Crippen LogP contribution in [0.4, 0.5) is 23.5 Å². The van der Waals surface area contributed by atoms with E-state index in [1.165, 1.54) is 0 Å². The fourth-order valence-electron chi connectivity index (χ4n) is 2.88. The second-order valence-corrected chi connectivity index (χ2v) is 7.78. The average molecular weight is 458 g/mol. The molecule has 3 rings (SSSR count). The summed E-state index contributed by atoms with van der Waals surface area (Å²) in [5.41, 5.74) is 6.79. The zero-order valence-electron chi connectivity index (χ0n) is 17.9. The van der Waals surface area contributed by atoms with Crippen molar-refractivity contribution in [2.24, 2.45) is 5.10 Å². The molecule has 7 nitrogen and oxygen atoms in total. The molecule has 0 aliphatic carbocycles. The van der Waals surface area contributed by atoms with E-state index in [0.29, 0.717) is 27.9 Å². The molecule has 9 heteroatoms. The number of benzene rings is 2. The maximum absolute atomic E-state index is 6.20. The zero-order chi connectivity index (χ0) is 22.4. The lowest BCUT2D eigenvalue weighted by Crippen LogP contribution is -2.25. The van der Waals surface area contributed by atoms with Gasteiger partial charge in [0.05, 0.1) is 11.2 Å². The SMILES string of the molecule is CCN(CC)c1nc(N/N=C/c2ccc(Cl)cc2Cl)nc(Nc2cc(C)ccc2C)n1. The topological polar surface area (TPSA) is 78.3 Å². The van der Waals surface area contributed by atoms with E-state index in [-0.39, 0.29) is 0 Å². The fourth-order valence-corrected chi connectivity index (χ4v) is 3.33. The number of aryl methyl sites for hydroxylation is 2. The van der Waals surface area contributed by atoms with Gasteiger partial charge in [0.2, 0.25) is 17.8 Å². The number of nitrogens with one attached hydrogen (secondary N) is 2. The second-order valence-electron chi connectivity index (χ2n) is 6.93. The van der Waals surface area contributed by atoms with Crippen molar-refractivity contribution in [3.05, 3.63) is 63.1 Å². The van der Waals surface area contributed by atoms with Crippen LogP contribution in [0.25, 0.3) is 0 Å². The van der Waals surface area contributed by atoms with Crippen molar-refractivity contribution < 1.29 is 0 Å². The zero-order valence-corrected chi connectivity index (χ0v) is 19.5. The first-order chi connectivity index (χ1) is 14.9. The van der Waals surface area contributed by atoms with Crippen LogP contribution in [0.1, 0.15) is 30.5 Å². The molecule has 2 N–H and O–H groups in total. The minimum Gasteiger partial charge on any atom is -0.341 e. The molecule has 31 heavy (non-hydrogen) atoms. The molecular formula is C22H25Cl2N7. The lowest BCUT2D eigenvalue weighted by Gasteiger charge is -2.19. The lowest BCUT2D eigenvalue weighted by atomic mass is 10.1. The molecule has 1 aromatic heterocycles. The van der Waals surface area contributed by atoms with E-state index >= 15 is 0 Å². The smallest absolute Gasteiger partial charge is 0.250 e. The van der Waals surface area contributed by atoms with E-state index in [9.17, 15) is 0 Å². The first-order valence-corrected chi connectivity index (χ1v) is 10.7. The highest BCUT2D eigenvalue weighted by Crippen LogP contribution is 2.22. The Morgan fingerprint density at radius 3 is 2.42 bits per heavy atom. The molecule has 0 bridgehead atoms. The normalized spacial score (nSPS) is 11.0. The maximum Gasteiger partial charge on any atom is 0.250 e. The first-order valence-electron chi connectivity index (χ1n) is 9.99. The van der Waals surface area contributed by atoms with E-state index < -0.39 is 0 Å². The Morgan fingerprint density at radius 2 is 1.71 bits per heavy atom. The number of nitrogens with zero attached hydrogens (tertiary/aromatic N) is 5. The van der Waals surface area contributed by atoms with Crippen molar-refractivity contribution >= 4 is 52.9 Å². The number of halogens is 2. The molecule has 0 saturated heterocycles.